The van der Waals surface area contributed by atoms with Crippen molar-refractivity contribution in [1.29, 1.82) is 0 Å². The molecule has 2 bridgehead atoms. The molecule has 0 heterocycles. The maximum absolute atomic E-state index is 13.6. The molecule has 0 N–H and O–H groups in total. The Bertz CT molecular complexity index is 1630. The Morgan fingerprint density at radius 2 is 1.33 bits per heavy atom. The van der Waals surface area contributed by atoms with E-state index in [0.717, 1.165) is 50.7 Å². The lowest BCUT2D eigenvalue weighted by atomic mass is 9.39. The molecular weight excluding hydrogens is 576 g/mol. The largest absolute Gasteiger partial charge is 0.462 e. The Hall–Kier alpha value is -4.19. The molecule has 0 aliphatic heterocycles. The number of allylic oxidation sites excluding steroid dienone is 2. The fraction of sp³-hybridized carbons (Fsp3) is 0.425. The number of hydrogen-bond acceptors (Lipinski definition) is 6. The monoisotopic (exact) mass is 618 g/mol. The molecule has 0 radical (unpaired) electrons. The van der Waals surface area contributed by atoms with Gasteiger partial charge in [-0.05, 0) is 97.7 Å². The maximum atomic E-state index is 13.6. The van der Waals surface area contributed by atoms with E-state index >= 15 is 0 Å². The number of esters is 3. The number of hydrogen-bond donors (Lipinski definition) is 0. The van der Waals surface area contributed by atoms with Gasteiger partial charge in [-0.3, -0.25) is 0 Å². The van der Waals surface area contributed by atoms with Crippen LogP contribution in [-0.2, 0) is 14.2 Å². The van der Waals surface area contributed by atoms with E-state index in [4.69, 9.17) is 14.2 Å². The summed E-state index contributed by atoms with van der Waals surface area (Å²) in [6.45, 7) is 4.90. The van der Waals surface area contributed by atoms with Crippen LogP contribution in [-0.4, -0.2) is 30.6 Å². The van der Waals surface area contributed by atoms with Gasteiger partial charge in [0.05, 0.1) is 23.3 Å². The lowest BCUT2D eigenvalue weighted by molar-refractivity contribution is -0.210. The second-order valence-corrected chi connectivity index (χ2v) is 14.4. The lowest BCUT2D eigenvalue weighted by Crippen LogP contribution is -2.64. The Morgan fingerprint density at radius 1 is 0.739 bits per heavy atom. The average molecular weight is 619 g/mol. The predicted octanol–water partition coefficient (Wildman–Crippen LogP) is 8.44. The molecule has 0 saturated heterocycles. The van der Waals surface area contributed by atoms with E-state index in [0.29, 0.717) is 22.6 Å². The molecule has 7 atom stereocenters. The number of benzene rings is 3. The van der Waals surface area contributed by atoms with Gasteiger partial charge < -0.3 is 14.2 Å². The molecular formula is C40H42O6. The molecule has 46 heavy (non-hydrogen) atoms. The molecule has 6 nitrogen and oxygen atoms in total. The Morgan fingerprint density at radius 3 is 1.96 bits per heavy atom. The van der Waals surface area contributed by atoms with Gasteiger partial charge in [0.1, 0.15) is 11.9 Å². The summed E-state index contributed by atoms with van der Waals surface area (Å²) in [6.07, 6.45) is 8.14. The molecule has 4 aliphatic carbocycles. The zero-order valence-corrected chi connectivity index (χ0v) is 26.7. The zero-order valence-electron chi connectivity index (χ0n) is 26.7. The first-order valence-corrected chi connectivity index (χ1v) is 16.7. The van der Waals surface area contributed by atoms with Crippen LogP contribution in [0.1, 0.15) is 89.9 Å². The van der Waals surface area contributed by atoms with Crippen molar-refractivity contribution in [2.75, 3.05) is 6.61 Å². The first kappa shape index (κ1) is 30.5. The third-order valence-electron chi connectivity index (χ3n) is 12.0. The summed E-state index contributed by atoms with van der Waals surface area (Å²) < 4.78 is 18.6. The van der Waals surface area contributed by atoms with Gasteiger partial charge in [0, 0.05) is 17.3 Å². The van der Waals surface area contributed by atoms with Gasteiger partial charge >= 0.3 is 17.9 Å². The predicted molar refractivity (Wildman–Crippen MR) is 174 cm³/mol. The summed E-state index contributed by atoms with van der Waals surface area (Å²) in [5.74, 6) is 0.257. The summed E-state index contributed by atoms with van der Waals surface area (Å²) in [6, 6.07) is 27.5. The van der Waals surface area contributed by atoms with Gasteiger partial charge in [-0.2, -0.15) is 0 Å². The third-order valence-corrected chi connectivity index (χ3v) is 12.0. The van der Waals surface area contributed by atoms with E-state index in [1.165, 1.54) is 0 Å². The van der Waals surface area contributed by atoms with Crippen LogP contribution in [0.4, 0.5) is 0 Å². The van der Waals surface area contributed by atoms with Crippen LogP contribution in [0.5, 0.6) is 0 Å². The van der Waals surface area contributed by atoms with Crippen LogP contribution >= 0.6 is 0 Å². The minimum Gasteiger partial charge on any atom is -0.462 e. The van der Waals surface area contributed by atoms with E-state index in [2.05, 4.69) is 19.9 Å². The molecule has 4 aliphatic rings. The molecule has 0 aromatic heterocycles. The maximum Gasteiger partial charge on any atom is 0.343 e. The van der Waals surface area contributed by atoms with Gasteiger partial charge in [-0.1, -0.05) is 74.9 Å². The van der Waals surface area contributed by atoms with Crippen molar-refractivity contribution in [3.05, 3.63) is 120 Å². The summed E-state index contributed by atoms with van der Waals surface area (Å²) >= 11 is 0. The fourth-order valence-corrected chi connectivity index (χ4v) is 10.0. The van der Waals surface area contributed by atoms with Gasteiger partial charge in [0.15, 0.2) is 0 Å². The van der Waals surface area contributed by atoms with Gasteiger partial charge in [0.2, 0.25) is 0 Å². The van der Waals surface area contributed by atoms with Crippen molar-refractivity contribution in [2.45, 2.75) is 64.9 Å². The molecule has 3 fully saturated rings. The minimum absolute atomic E-state index is 0.0122. The molecule has 6 heteroatoms. The second-order valence-electron chi connectivity index (χ2n) is 14.4. The van der Waals surface area contributed by atoms with Crippen molar-refractivity contribution in [3.63, 3.8) is 0 Å². The summed E-state index contributed by atoms with van der Waals surface area (Å²) in [4.78, 5) is 39.8. The normalized spacial score (nSPS) is 32.7. The third kappa shape index (κ3) is 5.16. The Balaban J connectivity index is 1.20. The fourth-order valence-electron chi connectivity index (χ4n) is 10.0. The molecule has 3 aromatic rings. The first-order valence-electron chi connectivity index (χ1n) is 16.7. The van der Waals surface area contributed by atoms with Crippen LogP contribution in [0.15, 0.2) is 103 Å². The van der Waals surface area contributed by atoms with Gasteiger partial charge in [-0.15, -0.1) is 0 Å². The molecule has 1 spiro atoms. The van der Waals surface area contributed by atoms with Crippen molar-refractivity contribution >= 4 is 17.9 Å². The van der Waals surface area contributed by atoms with Crippen molar-refractivity contribution < 1.29 is 28.6 Å². The van der Waals surface area contributed by atoms with Crippen molar-refractivity contribution in [2.24, 2.45) is 34.0 Å². The highest BCUT2D eigenvalue weighted by Gasteiger charge is 2.70. The smallest absolute Gasteiger partial charge is 0.343 e. The van der Waals surface area contributed by atoms with Crippen LogP contribution in [0.25, 0.3) is 0 Å². The summed E-state index contributed by atoms with van der Waals surface area (Å²) in [5.41, 5.74) is 1.04. The van der Waals surface area contributed by atoms with Gasteiger partial charge in [-0.25, -0.2) is 14.4 Å². The van der Waals surface area contributed by atoms with E-state index in [9.17, 15) is 14.4 Å². The Kier molecular flexibility index (Phi) is 7.86. The molecule has 3 aromatic carbocycles. The van der Waals surface area contributed by atoms with Crippen molar-refractivity contribution in [1.82, 2.24) is 0 Å². The number of rotatable bonds is 7. The van der Waals surface area contributed by atoms with E-state index in [1.54, 1.807) is 36.4 Å². The van der Waals surface area contributed by atoms with Crippen molar-refractivity contribution in [3.8, 4) is 0 Å². The molecule has 3 saturated carbocycles. The van der Waals surface area contributed by atoms with Gasteiger partial charge in [0.25, 0.3) is 0 Å². The summed E-state index contributed by atoms with van der Waals surface area (Å²) in [7, 11) is 0. The highest BCUT2D eigenvalue weighted by molar-refractivity contribution is 5.90. The summed E-state index contributed by atoms with van der Waals surface area (Å²) in [5, 5.41) is 0. The number of carbonyl (C=O) groups excluding carboxylic acids is 3. The minimum atomic E-state index is -0.388. The van der Waals surface area contributed by atoms with Crippen LogP contribution < -0.4 is 0 Å². The average Bonchev–Trinajstić information content (AvgIpc) is 3.39. The highest BCUT2D eigenvalue weighted by atomic mass is 16.5. The standard InChI is InChI=1S/C40H42O6/c1-38(26-44-35(41)27-13-6-3-7-14-27)20-12-21-39(2)34(38)33(46-37(43)29-17-10-5-11-18-29)24-31-23-30-25-40(31,39)22-19-32(30)45-36(42)28-15-8-4-9-16-28/h3-11,13-19,30-31,33-34H,12,20-26H2,1-2H3/t30-,31-,33-,34+,38+,39+,40+/m0/s1. The number of carbonyl (C=O) groups is 3. The second kappa shape index (κ2) is 11.9. The number of ether oxygens (including phenoxy) is 3. The topological polar surface area (TPSA) is 78.9 Å². The zero-order chi connectivity index (χ0) is 31.9. The lowest BCUT2D eigenvalue weighted by Gasteiger charge is -2.66. The van der Waals surface area contributed by atoms with Crippen LogP contribution in [0.3, 0.4) is 0 Å². The molecule has 0 unspecified atom stereocenters. The molecule has 238 valence electrons. The number of fused-ring (bicyclic) bond motifs is 2. The van der Waals surface area contributed by atoms with Crippen LogP contribution in [0, 0.1) is 34.0 Å². The Labute approximate surface area is 271 Å². The molecule has 0 amide bonds. The van der Waals surface area contributed by atoms with E-state index < -0.39 is 0 Å². The quantitative estimate of drug-likeness (QED) is 0.195. The SMILES string of the molecule is C[C@]1(COC(=O)c2ccccc2)CCC[C@]2(C)[C@@H]1[C@@H](OC(=O)c1ccccc1)C[C@@H]1C[C@H]3C[C@]12CC=C3OC(=O)c1ccccc1. The first-order chi connectivity index (χ1) is 22.2. The van der Waals surface area contributed by atoms with E-state index in [1.807, 2.05) is 54.6 Å². The highest BCUT2D eigenvalue weighted by Crippen LogP contribution is 2.74. The van der Waals surface area contributed by atoms with Crippen LogP contribution in [0.2, 0.25) is 0 Å². The molecule has 7 rings (SSSR count). The van der Waals surface area contributed by atoms with E-state index in [-0.39, 0.29) is 58.7 Å².